The Hall–Kier alpha value is -3.78. The number of carbonyl (C=O) groups excluding carboxylic acids is 2. The van der Waals surface area contributed by atoms with Crippen LogP contribution in [0, 0.1) is 17.0 Å². The molecule has 0 radical (unpaired) electrons. The number of fused-ring (bicyclic) bond motifs is 1. The second-order valence-electron chi connectivity index (χ2n) is 6.51. The van der Waals surface area contributed by atoms with Crippen molar-refractivity contribution in [2.45, 2.75) is 13.3 Å². The van der Waals surface area contributed by atoms with Gasteiger partial charge in [-0.25, -0.2) is 13.8 Å². The fourth-order valence-electron chi connectivity index (χ4n) is 2.99. The number of rotatable bonds is 6. The van der Waals surface area contributed by atoms with E-state index in [1.54, 1.807) is 12.1 Å². The summed E-state index contributed by atoms with van der Waals surface area (Å²) in [5.74, 6) is -2.26. The summed E-state index contributed by atoms with van der Waals surface area (Å²) in [6.07, 6.45) is -2.86. The number of alkyl halides is 2. The molecule has 0 bridgehead atoms. The second kappa shape index (κ2) is 8.05. The number of hydrogen-bond donors (Lipinski definition) is 3. The van der Waals surface area contributed by atoms with Crippen LogP contribution in [-0.4, -0.2) is 31.9 Å². The largest absolute Gasteiger partial charge is 0.365 e. The minimum absolute atomic E-state index is 0.0254. The van der Waals surface area contributed by atoms with Crippen molar-refractivity contribution in [2.24, 2.45) is 5.73 Å². The molecule has 0 unspecified atom stereocenters. The standard InChI is InChI=1S/C18H12F2N6O4S2/c1-6-2-3-10(31-6)7-4-8(15(19)20)22-18-12(7)13(14(32-18)16(21)27)23-17(28)9-5-11(25-24-9)26(29)30/h2-5,15H,1H3,(H2,21,27)(H,23,28)(H,24,25). The van der Waals surface area contributed by atoms with Crippen molar-refractivity contribution in [1.29, 1.82) is 0 Å². The van der Waals surface area contributed by atoms with Gasteiger partial charge in [0.2, 0.25) is 0 Å². The highest BCUT2D eigenvalue weighted by atomic mass is 32.1. The predicted octanol–water partition coefficient (Wildman–Crippen LogP) is 4.25. The van der Waals surface area contributed by atoms with E-state index in [9.17, 15) is 28.5 Å². The molecular weight excluding hydrogens is 466 g/mol. The summed E-state index contributed by atoms with van der Waals surface area (Å²) in [6, 6.07) is 5.65. The van der Waals surface area contributed by atoms with Gasteiger partial charge in [0.05, 0.1) is 11.8 Å². The lowest BCUT2D eigenvalue weighted by Gasteiger charge is -2.09. The lowest BCUT2D eigenvalue weighted by Crippen LogP contribution is -2.17. The summed E-state index contributed by atoms with van der Waals surface area (Å²) >= 11 is 2.10. The second-order valence-corrected chi connectivity index (χ2v) is 8.79. The Bertz CT molecular complexity index is 1390. The fourth-order valence-corrected chi connectivity index (χ4v) is 4.90. The van der Waals surface area contributed by atoms with E-state index >= 15 is 0 Å². The van der Waals surface area contributed by atoms with Crippen LogP contribution >= 0.6 is 22.7 Å². The Balaban J connectivity index is 1.92. The van der Waals surface area contributed by atoms with Crippen LogP contribution in [0.1, 0.15) is 37.2 Å². The molecule has 4 aromatic heterocycles. The van der Waals surface area contributed by atoms with Crippen LogP contribution in [0.5, 0.6) is 0 Å². The third-order valence-corrected chi connectivity index (χ3v) is 6.50. The zero-order chi connectivity index (χ0) is 23.2. The summed E-state index contributed by atoms with van der Waals surface area (Å²) in [7, 11) is 0. The SMILES string of the molecule is Cc1ccc(-c2cc(C(F)F)nc3sc(C(N)=O)c(NC(=O)c4cc([N+](=O)[O-])[nH]n4)c23)s1. The van der Waals surface area contributed by atoms with E-state index in [1.807, 2.05) is 6.92 Å². The number of anilines is 1. The third-order valence-electron chi connectivity index (χ3n) is 4.37. The molecule has 14 heteroatoms. The van der Waals surface area contributed by atoms with E-state index in [0.717, 1.165) is 22.3 Å². The molecule has 0 aliphatic heterocycles. The van der Waals surface area contributed by atoms with E-state index in [4.69, 9.17) is 5.73 Å². The summed E-state index contributed by atoms with van der Waals surface area (Å²) < 4.78 is 27.0. The molecular formula is C18H12F2N6O4S2. The maximum atomic E-state index is 13.5. The zero-order valence-corrected chi connectivity index (χ0v) is 17.6. The van der Waals surface area contributed by atoms with Crippen molar-refractivity contribution in [3.05, 3.63) is 55.5 Å². The smallest absolute Gasteiger partial charge is 0.343 e. The maximum Gasteiger partial charge on any atom is 0.343 e. The Morgan fingerprint density at radius 2 is 2.03 bits per heavy atom. The van der Waals surface area contributed by atoms with E-state index < -0.39 is 34.7 Å². The average molecular weight is 478 g/mol. The molecule has 164 valence electrons. The molecule has 0 aliphatic rings. The maximum absolute atomic E-state index is 13.5. The Morgan fingerprint density at radius 3 is 2.59 bits per heavy atom. The number of H-pyrrole nitrogens is 1. The molecule has 32 heavy (non-hydrogen) atoms. The van der Waals surface area contributed by atoms with Crippen LogP contribution in [-0.2, 0) is 0 Å². The van der Waals surface area contributed by atoms with Gasteiger partial charge in [0.25, 0.3) is 18.2 Å². The summed E-state index contributed by atoms with van der Waals surface area (Å²) in [6.45, 7) is 1.84. The molecule has 4 rings (SSSR count). The molecule has 4 N–H and O–H groups in total. The van der Waals surface area contributed by atoms with Crippen molar-refractivity contribution in [3.63, 3.8) is 0 Å². The van der Waals surface area contributed by atoms with Crippen LogP contribution < -0.4 is 11.1 Å². The van der Waals surface area contributed by atoms with Gasteiger partial charge in [0.15, 0.2) is 5.69 Å². The average Bonchev–Trinajstić information content (AvgIpc) is 3.45. The molecule has 0 saturated heterocycles. The number of nitrogens with one attached hydrogen (secondary N) is 2. The van der Waals surface area contributed by atoms with Crippen molar-refractivity contribution >= 4 is 56.2 Å². The molecule has 0 aliphatic carbocycles. The van der Waals surface area contributed by atoms with Gasteiger partial charge in [-0.3, -0.25) is 9.59 Å². The molecule has 2 amide bonds. The minimum atomic E-state index is -2.86. The van der Waals surface area contributed by atoms with Crippen LogP contribution in [0.15, 0.2) is 24.3 Å². The molecule has 4 heterocycles. The van der Waals surface area contributed by atoms with Crippen molar-refractivity contribution in [3.8, 4) is 10.4 Å². The number of primary amides is 1. The summed E-state index contributed by atoms with van der Waals surface area (Å²) in [5, 5.41) is 19.3. The minimum Gasteiger partial charge on any atom is -0.365 e. The molecule has 0 spiro atoms. The first-order valence-electron chi connectivity index (χ1n) is 8.79. The molecule has 0 aromatic carbocycles. The number of hydrogen-bond acceptors (Lipinski definition) is 8. The first kappa shape index (κ1) is 21.5. The molecule has 0 fully saturated rings. The molecule has 0 atom stereocenters. The topological polar surface area (TPSA) is 157 Å². The first-order chi connectivity index (χ1) is 15.2. The number of nitrogens with zero attached hydrogens (tertiary/aromatic N) is 3. The predicted molar refractivity (Wildman–Crippen MR) is 114 cm³/mol. The Kier molecular flexibility index (Phi) is 5.40. The monoisotopic (exact) mass is 478 g/mol. The summed E-state index contributed by atoms with van der Waals surface area (Å²) in [5.41, 5.74) is 4.98. The number of aryl methyl sites for hydroxylation is 1. The fraction of sp³-hybridized carbons (Fsp3) is 0.111. The van der Waals surface area contributed by atoms with Gasteiger partial charge in [-0.05, 0) is 30.0 Å². The number of thiophene rings is 2. The van der Waals surface area contributed by atoms with Crippen molar-refractivity contribution in [1.82, 2.24) is 15.2 Å². The lowest BCUT2D eigenvalue weighted by atomic mass is 10.1. The number of halogens is 2. The number of nitro groups is 1. The number of pyridine rings is 1. The van der Waals surface area contributed by atoms with Gasteiger partial charge in [0.1, 0.15) is 15.4 Å². The highest BCUT2D eigenvalue weighted by molar-refractivity contribution is 7.21. The highest BCUT2D eigenvalue weighted by Gasteiger charge is 2.26. The van der Waals surface area contributed by atoms with Crippen molar-refractivity contribution in [2.75, 3.05) is 5.32 Å². The number of aromatic amines is 1. The number of nitrogens with two attached hydrogens (primary N) is 1. The van der Waals surface area contributed by atoms with Gasteiger partial charge in [-0.15, -0.1) is 27.8 Å². The van der Waals surface area contributed by atoms with Crippen LogP contribution in [0.3, 0.4) is 0 Å². The van der Waals surface area contributed by atoms with E-state index in [-0.39, 0.29) is 26.5 Å². The Morgan fingerprint density at radius 1 is 1.28 bits per heavy atom. The number of aromatic nitrogens is 3. The van der Waals surface area contributed by atoms with E-state index in [0.29, 0.717) is 10.4 Å². The number of carbonyl (C=O) groups is 2. The highest BCUT2D eigenvalue weighted by Crippen LogP contribution is 2.44. The quantitative estimate of drug-likeness (QED) is 0.278. The van der Waals surface area contributed by atoms with Gasteiger partial charge in [-0.1, -0.05) is 5.10 Å². The van der Waals surface area contributed by atoms with Gasteiger partial charge >= 0.3 is 5.82 Å². The van der Waals surface area contributed by atoms with Crippen LogP contribution in [0.25, 0.3) is 20.7 Å². The van der Waals surface area contributed by atoms with Crippen molar-refractivity contribution < 1.29 is 23.3 Å². The van der Waals surface area contributed by atoms with E-state index in [1.165, 1.54) is 17.4 Å². The molecule has 4 aromatic rings. The third kappa shape index (κ3) is 3.80. The van der Waals surface area contributed by atoms with Gasteiger partial charge in [0, 0.05) is 20.7 Å². The van der Waals surface area contributed by atoms with Gasteiger partial charge < -0.3 is 21.2 Å². The first-order valence-corrected chi connectivity index (χ1v) is 10.4. The summed E-state index contributed by atoms with van der Waals surface area (Å²) in [4.78, 5) is 40.3. The number of amides is 2. The Labute approximate surface area is 185 Å². The molecule has 10 nitrogen and oxygen atoms in total. The van der Waals surface area contributed by atoms with Crippen LogP contribution in [0.2, 0.25) is 0 Å². The van der Waals surface area contributed by atoms with Gasteiger partial charge in [-0.2, -0.15) is 0 Å². The zero-order valence-electron chi connectivity index (χ0n) is 16.0. The van der Waals surface area contributed by atoms with E-state index in [2.05, 4.69) is 20.5 Å². The van der Waals surface area contributed by atoms with Crippen LogP contribution in [0.4, 0.5) is 20.3 Å². The normalized spacial score (nSPS) is 11.2. The molecule has 0 saturated carbocycles. The lowest BCUT2D eigenvalue weighted by molar-refractivity contribution is -0.389.